The molecule has 3 rings (SSSR count). The molecule has 0 aliphatic carbocycles. The molecule has 1 amide bonds. The summed E-state index contributed by atoms with van der Waals surface area (Å²) in [5.74, 6) is -0.136. The Hall–Kier alpha value is -2.47. The molecule has 0 bridgehead atoms. The normalized spacial score (nSPS) is 10.5. The first-order chi connectivity index (χ1) is 10.2. The Morgan fingerprint density at radius 3 is 2.86 bits per heavy atom. The van der Waals surface area contributed by atoms with Crippen molar-refractivity contribution in [2.24, 2.45) is 0 Å². The van der Waals surface area contributed by atoms with Crippen LogP contribution in [-0.2, 0) is 11.3 Å². The van der Waals surface area contributed by atoms with E-state index in [1.165, 1.54) is 16.9 Å². The van der Waals surface area contributed by atoms with E-state index in [9.17, 15) is 4.79 Å². The first kappa shape index (κ1) is 13.5. The van der Waals surface area contributed by atoms with E-state index in [1.807, 2.05) is 36.6 Å². The summed E-state index contributed by atoms with van der Waals surface area (Å²) < 4.78 is 1.57. The zero-order valence-corrected chi connectivity index (χ0v) is 12.3. The molecule has 0 aliphatic rings. The minimum absolute atomic E-state index is 0.136. The third-order valence-corrected chi connectivity index (χ3v) is 3.72. The Morgan fingerprint density at radius 2 is 2.14 bits per heavy atom. The molecule has 0 radical (unpaired) electrons. The average Bonchev–Trinajstić information content (AvgIpc) is 3.11. The molecule has 3 aromatic rings. The number of thiazole rings is 1. The van der Waals surface area contributed by atoms with E-state index in [-0.39, 0.29) is 12.5 Å². The number of hydrogen-bond acceptors (Lipinski definition) is 4. The fourth-order valence-corrected chi connectivity index (χ4v) is 2.62. The van der Waals surface area contributed by atoms with E-state index in [4.69, 9.17) is 0 Å². The van der Waals surface area contributed by atoms with Gasteiger partial charge in [-0.3, -0.25) is 9.48 Å². The van der Waals surface area contributed by atoms with Crippen molar-refractivity contribution in [1.29, 1.82) is 0 Å². The summed E-state index contributed by atoms with van der Waals surface area (Å²) in [6.45, 7) is 2.23. The van der Waals surface area contributed by atoms with Crippen molar-refractivity contribution in [3.05, 3.63) is 53.7 Å². The van der Waals surface area contributed by atoms with Crippen molar-refractivity contribution >= 4 is 22.4 Å². The number of benzene rings is 1. The van der Waals surface area contributed by atoms with Crippen molar-refractivity contribution in [2.45, 2.75) is 13.5 Å². The first-order valence-corrected chi connectivity index (χ1v) is 7.38. The maximum atomic E-state index is 11.9. The Bertz CT molecular complexity index is 731. The topological polar surface area (TPSA) is 59.8 Å². The molecule has 2 heterocycles. The summed E-state index contributed by atoms with van der Waals surface area (Å²) in [5.41, 5.74) is 3.13. The van der Waals surface area contributed by atoms with Gasteiger partial charge in [0, 0.05) is 23.3 Å². The highest BCUT2D eigenvalue weighted by Gasteiger charge is 2.08. The predicted molar refractivity (Wildman–Crippen MR) is 83.1 cm³/mol. The van der Waals surface area contributed by atoms with Crippen LogP contribution in [0.15, 0.2) is 48.1 Å². The second-order valence-corrected chi connectivity index (χ2v) is 5.51. The molecule has 1 aromatic carbocycles. The van der Waals surface area contributed by atoms with E-state index in [0.29, 0.717) is 5.13 Å². The van der Waals surface area contributed by atoms with Crippen LogP contribution in [0.25, 0.3) is 11.3 Å². The van der Waals surface area contributed by atoms with Gasteiger partial charge in [-0.1, -0.05) is 29.8 Å². The van der Waals surface area contributed by atoms with Gasteiger partial charge in [-0.05, 0) is 13.0 Å². The average molecular weight is 298 g/mol. The van der Waals surface area contributed by atoms with Crippen molar-refractivity contribution in [3.8, 4) is 11.3 Å². The molecule has 0 saturated carbocycles. The maximum Gasteiger partial charge on any atom is 0.247 e. The van der Waals surface area contributed by atoms with Crippen LogP contribution in [0, 0.1) is 6.92 Å². The van der Waals surface area contributed by atoms with Gasteiger partial charge >= 0.3 is 0 Å². The lowest BCUT2D eigenvalue weighted by atomic mass is 10.1. The zero-order valence-electron chi connectivity index (χ0n) is 11.5. The number of nitrogens with one attached hydrogen (secondary N) is 1. The van der Waals surface area contributed by atoms with Gasteiger partial charge in [0.25, 0.3) is 0 Å². The van der Waals surface area contributed by atoms with Crippen LogP contribution >= 0.6 is 11.3 Å². The van der Waals surface area contributed by atoms with E-state index < -0.39 is 0 Å². The van der Waals surface area contributed by atoms with Gasteiger partial charge in [-0.25, -0.2) is 4.98 Å². The van der Waals surface area contributed by atoms with E-state index in [1.54, 1.807) is 23.1 Å². The van der Waals surface area contributed by atoms with Gasteiger partial charge in [-0.15, -0.1) is 11.3 Å². The molecule has 0 aliphatic heterocycles. The molecule has 0 saturated heterocycles. The van der Waals surface area contributed by atoms with Crippen LogP contribution in [0.2, 0.25) is 0 Å². The summed E-state index contributed by atoms with van der Waals surface area (Å²) in [6.07, 6.45) is 3.39. The molecule has 21 heavy (non-hydrogen) atoms. The molecule has 0 unspecified atom stereocenters. The minimum Gasteiger partial charge on any atom is -0.300 e. The second-order valence-electron chi connectivity index (χ2n) is 4.66. The van der Waals surface area contributed by atoms with Crippen molar-refractivity contribution < 1.29 is 4.79 Å². The zero-order chi connectivity index (χ0) is 14.7. The highest BCUT2D eigenvalue weighted by Crippen LogP contribution is 2.25. The van der Waals surface area contributed by atoms with Crippen molar-refractivity contribution in [2.75, 3.05) is 5.32 Å². The highest BCUT2D eigenvalue weighted by atomic mass is 32.1. The summed E-state index contributed by atoms with van der Waals surface area (Å²) in [5, 5.41) is 9.33. The lowest BCUT2D eigenvalue weighted by molar-refractivity contribution is -0.116. The predicted octanol–water partition coefficient (Wildman–Crippen LogP) is 2.95. The summed E-state index contributed by atoms with van der Waals surface area (Å²) in [4.78, 5) is 16.3. The van der Waals surface area contributed by atoms with Gasteiger partial charge in [0.15, 0.2) is 5.13 Å². The number of carbonyl (C=O) groups excluding carboxylic acids is 1. The Kier molecular flexibility index (Phi) is 3.79. The molecule has 6 heteroatoms. The van der Waals surface area contributed by atoms with Crippen LogP contribution in [0.1, 0.15) is 5.56 Å². The molecule has 1 N–H and O–H groups in total. The van der Waals surface area contributed by atoms with E-state index >= 15 is 0 Å². The third kappa shape index (κ3) is 3.35. The molecule has 0 atom stereocenters. The SMILES string of the molecule is Cc1ccc(-c2csc(NC(=O)Cn3cccn3)n2)cc1. The van der Waals surface area contributed by atoms with Gasteiger partial charge in [0.1, 0.15) is 6.54 Å². The lowest BCUT2D eigenvalue weighted by Gasteiger charge is -2.01. The number of aromatic nitrogens is 3. The number of anilines is 1. The van der Waals surface area contributed by atoms with E-state index in [2.05, 4.69) is 15.4 Å². The van der Waals surface area contributed by atoms with Crippen LogP contribution in [-0.4, -0.2) is 20.7 Å². The first-order valence-electron chi connectivity index (χ1n) is 6.50. The van der Waals surface area contributed by atoms with Crippen molar-refractivity contribution in [3.63, 3.8) is 0 Å². The molecule has 2 aromatic heterocycles. The van der Waals surface area contributed by atoms with Gasteiger partial charge in [0.2, 0.25) is 5.91 Å². The van der Waals surface area contributed by atoms with Crippen LogP contribution in [0.4, 0.5) is 5.13 Å². The molecular weight excluding hydrogens is 284 g/mol. The van der Waals surface area contributed by atoms with Gasteiger partial charge in [-0.2, -0.15) is 5.10 Å². The largest absolute Gasteiger partial charge is 0.300 e. The monoisotopic (exact) mass is 298 g/mol. The quantitative estimate of drug-likeness (QED) is 0.805. The summed E-state index contributed by atoms with van der Waals surface area (Å²) >= 11 is 1.42. The van der Waals surface area contributed by atoms with Gasteiger partial charge < -0.3 is 5.32 Å². The fraction of sp³-hybridized carbons (Fsp3) is 0.133. The number of carbonyl (C=O) groups is 1. The molecule has 0 spiro atoms. The van der Waals surface area contributed by atoms with Crippen molar-refractivity contribution in [1.82, 2.24) is 14.8 Å². The lowest BCUT2D eigenvalue weighted by Crippen LogP contribution is -2.18. The number of hydrogen-bond donors (Lipinski definition) is 1. The number of nitrogens with zero attached hydrogens (tertiary/aromatic N) is 3. The fourth-order valence-electron chi connectivity index (χ4n) is 1.89. The number of rotatable bonds is 4. The Morgan fingerprint density at radius 1 is 1.33 bits per heavy atom. The smallest absolute Gasteiger partial charge is 0.247 e. The summed E-state index contributed by atoms with van der Waals surface area (Å²) in [7, 11) is 0. The maximum absolute atomic E-state index is 11.9. The van der Waals surface area contributed by atoms with Crippen LogP contribution < -0.4 is 5.32 Å². The molecule has 5 nitrogen and oxygen atoms in total. The molecular formula is C15H14N4OS. The highest BCUT2D eigenvalue weighted by molar-refractivity contribution is 7.14. The third-order valence-electron chi connectivity index (χ3n) is 2.96. The Labute approximate surface area is 126 Å². The molecule has 0 fully saturated rings. The summed E-state index contributed by atoms with van der Waals surface area (Å²) in [6, 6.07) is 9.93. The minimum atomic E-state index is -0.136. The molecule has 106 valence electrons. The van der Waals surface area contributed by atoms with Crippen LogP contribution in [0.5, 0.6) is 0 Å². The standard InChI is InChI=1S/C15H14N4OS/c1-11-3-5-12(6-4-11)13-10-21-15(17-13)18-14(20)9-19-8-2-7-16-19/h2-8,10H,9H2,1H3,(H,17,18,20). The number of aryl methyl sites for hydroxylation is 1. The van der Waals surface area contributed by atoms with Crippen LogP contribution in [0.3, 0.4) is 0 Å². The second kappa shape index (κ2) is 5.88. The van der Waals surface area contributed by atoms with E-state index in [0.717, 1.165) is 11.3 Å². The Balaban J connectivity index is 1.67. The number of amides is 1. The van der Waals surface area contributed by atoms with Gasteiger partial charge in [0.05, 0.1) is 5.69 Å².